The summed E-state index contributed by atoms with van der Waals surface area (Å²) in [5.41, 5.74) is 4.84. The SMILES string of the molecule is CCCCCCOc1ccc2c(c1)CC[C@H]1[C@H]3C/C(=C\c4cnn(C)c4)C(=O)[C@]3(C)CC[C@@H]21. The van der Waals surface area contributed by atoms with Gasteiger partial charge in [-0.05, 0) is 91.2 Å². The lowest BCUT2D eigenvalue weighted by molar-refractivity contribution is -0.127. The van der Waals surface area contributed by atoms with Crippen LogP contribution < -0.4 is 4.74 Å². The highest BCUT2D eigenvalue weighted by Gasteiger charge is 2.56. The summed E-state index contributed by atoms with van der Waals surface area (Å²) in [6.07, 6.45) is 16.2. The molecule has 2 saturated carbocycles. The molecular formula is C29H38N2O2. The lowest BCUT2D eigenvalue weighted by atomic mass is 9.55. The molecule has 1 aromatic heterocycles. The smallest absolute Gasteiger partial charge is 0.165 e. The molecule has 0 amide bonds. The van der Waals surface area contributed by atoms with E-state index in [4.69, 9.17) is 4.74 Å². The average molecular weight is 447 g/mol. The number of ether oxygens (including phenoxy) is 1. The quantitative estimate of drug-likeness (QED) is 0.360. The average Bonchev–Trinajstić information content (AvgIpc) is 3.34. The molecule has 0 unspecified atom stereocenters. The van der Waals surface area contributed by atoms with Crippen LogP contribution in [0.15, 0.2) is 36.2 Å². The number of benzene rings is 1. The Labute approximate surface area is 198 Å². The van der Waals surface area contributed by atoms with Gasteiger partial charge in [-0.1, -0.05) is 39.2 Å². The summed E-state index contributed by atoms with van der Waals surface area (Å²) in [7, 11) is 1.92. The molecule has 1 aromatic carbocycles. The van der Waals surface area contributed by atoms with Gasteiger partial charge in [0.25, 0.3) is 0 Å². The van der Waals surface area contributed by atoms with Crippen molar-refractivity contribution in [1.29, 1.82) is 0 Å². The second kappa shape index (κ2) is 9.12. The zero-order chi connectivity index (χ0) is 23.0. The minimum absolute atomic E-state index is 0.200. The van der Waals surface area contributed by atoms with E-state index in [-0.39, 0.29) is 5.41 Å². The number of Topliss-reactive ketones (excluding diaryl/α,β-unsaturated/α-hetero) is 1. The highest BCUT2D eigenvalue weighted by molar-refractivity contribution is 6.05. The normalized spacial score (nSPS) is 29.6. The highest BCUT2D eigenvalue weighted by Crippen LogP contribution is 2.60. The van der Waals surface area contributed by atoms with Crippen molar-refractivity contribution in [1.82, 2.24) is 9.78 Å². The second-order valence-corrected chi connectivity index (χ2v) is 10.8. The first-order chi connectivity index (χ1) is 16.0. The number of carbonyl (C=O) groups is 1. The Morgan fingerprint density at radius 1 is 1.24 bits per heavy atom. The van der Waals surface area contributed by atoms with Crippen LogP contribution in [0.3, 0.4) is 0 Å². The third kappa shape index (κ3) is 4.18. The maximum absolute atomic E-state index is 13.5. The first kappa shape index (κ1) is 22.4. The largest absolute Gasteiger partial charge is 0.494 e. The van der Waals surface area contributed by atoms with Gasteiger partial charge in [-0.2, -0.15) is 5.10 Å². The molecule has 0 N–H and O–H groups in total. The molecule has 0 spiro atoms. The predicted molar refractivity (Wildman–Crippen MR) is 132 cm³/mol. The molecule has 176 valence electrons. The number of allylic oxidation sites excluding steroid dienone is 1. The maximum Gasteiger partial charge on any atom is 0.165 e. The molecule has 3 aliphatic rings. The van der Waals surface area contributed by atoms with Crippen LogP contribution >= 0.6 is 0 Å². The van der Waals surface area contributed by atoms with Crippen LogP contribution in [0.2, 0.25) is 0 Å². The molecule has 5 rings (SSSR count). The fraction of sp³-hybridized carbons (Fsp3) is 0.586. The van der Waals surface area contributed by atoms with Crippen molar-refractivity contribution in [2.45, 2.75) is 77.6 Å². The van der Waals surface area contributed by atoms with E-state index in [9.17, 15) is 4.79 Å². The fourth-order valence-electron chi connectivity index (χ4n) is 6.88. The van der Waals surface area contributed by atoms with Crippen molar-refractivity contribution in [3.05, 3.63) is 52.9 Å². The zero-order valence-corrected chi connectivity index (χ0v) is 20.5. The molecule has 2 aromatic rings. The molecule has 4 heteroatoms. The van der Waals surface area contributed by atoms with Gasteiger partial charge in [0.05, 0.1) is 12.8 Å². The molecule has 4 atom stereocenters. The Hall–Kier alpha value is -2.36. The fourth-order valence-corrected chi connectivity index (χ4v) is 6.88. The number of unbranched alkanes of at least 4 members (excludes halogenated alkanes) is 3. The van der Waals surface area contributed by atoms with Gasteiger partial charge < -0.3 is 4.74 Å². The number of nitrogens with zero attached hydrogens (tertiary/aromatic N) is 2. The van der Waals surface area contributed by atoms with Crippen LogP contribution in [0.5, 0.6) is 5.75 Å². The third-order valence-electron chi connectivity index (χ3n) is 8.67. The van der Waals surface area contributed by atoms with E-state index in [1.807, 2.05) is 19.4 Å². The number of aromatic nitrogens is 2. The molecule has 0 aliphatic heterocycles. The Morgan fingerprint density at radius 3 is 2.91 bits per heavy atom. The lowest BCUT2D eigenvalue weighted by Crippen LogP contribution is -2.42. The van der Waals surface area contributed by atoms with Gasteiger partial charge in [0.1, 0.15) is 5.75 Å². The predicted octanol–water partition coefficient (Wildman–Crippen LogP) is 6.50. The Balaban J connectivity index is 1.32. The van der Waals surface area contributed by atoms with Gasteiger partial charge in [0, 0.05) is 24.2 Å². The van der Waals surface area contributed by atoms with Crippen LogP contribution in [0, 0.1) is 17.3 Å². The van der Waals surface area contributed by atoms with E-state index in [0.29, 0.717) is 23.5 Å². The summed E-state index contributed by atoms with van der Waals surface area (Å²) in [5, 5.41) is 4.27. The van der Waals surface area contributed by atoms with E-state index < -0.39 is 0 Å². The first-order valence-corrected chi connectivity index (χ1v) is 13.0. The van der Waals surface area contributed by atoms with Crippen LogP contribution in [-0.4, -0.2) is 22.2 Å². The highest BCUT2D eigenvalue weighted by atomic mass is 16.5. The van der Waals surface area contributed by atoms with E-state index >= 15 is 0 Å². The molecule has 2 fully saturated rings. The molecule has 0 saturated heterocycles. The lowest BCUT2D eigenvalue weighted by Gasteiger charge is -2.48. The van der Waals surface area contributed by atoms with Gasteiger partial charge in [-0.3, -0.25) is 9.48 Å². The van der Waals surface area contributed by atoms with Crippen molar-refractivity contribution in [2.24, 2.45) is 24.3 Å². The van der Waals surface area contributed by atoms with Crippen molar-refractivity contribution >= 4 is 11.9 Å². The van der Waals surface area contributed by atoms with E-state index in [1.54, 1.807) is 4.68 Å². The van der Waals surface area contributed by atoms with Crippen molar-refractivity contribution < 1.29 is 9.53 Å². The number of rotatable bonds is 7. The first-order valence-electron chi connectivity index (χ1n) is 13.0. The molecule has 0 bridgehead atoms. The maximum atomic E-state index is 13.5. The second-order valence-electron chi connectivity index (χ2n) is 10.8. The van der Waals surface area contributed by atoms with Gasteiger partial charge in [-0.15, -0.1) is 0 Å². The van der Waals surface area contributed by atoms with Gasteiger partial charge >= 0.3 is 0 Å². The number of aryl methyl sites for hydroxylation is 2. The molecule has 4 nitrogen and oxygen atoms in total. The summed E-state index contributed by atoms with van der Waals surface area (Å²) in [6.45, 7) is 5.30. The van der Waals surface area contributed by atoms with Crippen LogP contribution in [0.4, 0.5) is 0 Å². The van der Waals surface area contributed by atoms with Crippen molar-refractivity contribution in [3.63, 3.8) is 0 Å². The van der Waals surface area contributed by atoms with Gasteiger partial charge in [-0.25, -0.2) is 0 Å². The standard InChI is InChI=1S/C29H38N2O2/c1-4-5-6-7-14-33-23-9-11-24-21(16-23)8-10-26-25(24)12-13-29(2)27(26)17-22(28(29)32)15-20-18-30-31(3)19-20/h9,11,15-16,18-19,25-27H,4-8,10,12-14,17H2,1-3H3/b22-15+/t25-,26+,27+,29+/m0/s1. The number of hydrogen-bond acceptors (Lipinski definition) is 3. The molecule has 3 aliphatic carbocycles. The van der Waals surface area contributed by atoms with Crippen molar-refractivity contribution in [3.8, 4) is 5.75 Å². The summed E-state index contributed by atoms with van der Waals surface area (Å²) in [4.78, 5) is 13.5. The minimum Gasteiger partial charge on any atom is -0.494 e. The Kier molecular flexibility index (Phi) is 6.20. The molecular weight excluding hydrogens is 408 g/mol. The zero-order valence-electron chi connectivity index (χ0n) is 20.5. The Morgan fingerprint density at radius 2 is 2.12 bits per heavy atom. The summed E-state index contributed by atoms with van der Waals surface area (Å²) >= 11 is 0. The van der Waals surface area contributed by atoms with Crippen LogP contribution in [0.25, 0.3) is 6.08 Å². The number of hydrogen-bond donors (Lipinski definition) is 0. The van der Waals surface area contributed by atoms with E-state index in [0.717, 1.165) is 55.6 Å². The summed E-state index contributed by atoms with van der Waals surface area (Å²) < 4.78 is 7.87. The number of ketones is 1. The summed E-state index contributed by atoms with van der Waals surface area (Å²) in [6, 6.07) is 6.81. The topological polar surface area (TPSA) is 44.1 Å². The monoisotopic (exact) mass is 446 g/mol. The summed E-state index contributed by atoms with van der Waals surface area (Å²) in [5.74, 6) is 3.04. The minimum atomic E-state index is -0.200. The molecule has 0 radical (unpaired) electrons. The van der Waals surface area contributed by atoms with Crippen molar-refractivity contribution in [2.75, 3.05) is 6.61 Å². The van der Waals surface area contributed by atoms with Gasteiger partial charge in [0.2, 0.25) is 0 Å². The molecule has 33 heavy (non-hydrogen) atoms. The Bertz CT molecular complexity index is 1050. The third-order valence-corrected chi connectivity index (χ3v) is 8.67. The van der Waals surface area contributed by atoms with Gasteiger partial charge in [0.15, 0.2) is 5.78 Å². The molecule has 1 heterocycles. The number of fused-ring (bicyclic) bond motifs is 5. The van der Waals surface area contributed by atoms with Crippen LogP contribution in [0.1, 0.15) is 87.8 Å². The number of carbonyl (C=O) groups excluding carboxylic acids is 1. The van der Waals surface area contributed by atoms with Crippen LogP contribution in [-0.2, 0) is 18.3 Å². The van der Waals surface area contributed by atoms with E-state index in [1.165, 1.54) is 36.8 Å². The van der Waals surface area contributed by atoms with E-state index in [2.05, 4.69) is 43.2 Å².